The zero-order chi connectivity index (χ0) is 8.85. The molecule has 1 unspecified atom stereocenters. The maximum absolute atomic E-state index is 9.91. The summed E-state index contributed by atoms with van der Waals surface area (Å²) in [5.41, 5.74) is 0. The van der Waals surface area contributed by atoms with Crippen molar-refractivity contribution in [2.45, 2.75) is 39.8 Å². The molecule has 0 radical (unpaired) electrons. The summed E-state index contributed by atoms with van der Waals surface area (Å²) in [7, 11) is 0.149. The molecule has 0 aliphatic carbocycles. The molecule has 4 heteroatoms. The van der Waals surface area contributed by atoms with Crippen LogP contribution in [0.15, 0.2) is 0 Å². The molecule has 0 spiro atoms. The van der Waals surface area contributed by atoms with Crippen LogP contribution in [0, 0.1) is 0 Å². The molecular weight excluding hydrogens is 161 g/mol. The van der Waals surface area contributed by atoms with Crippen molar-refractivity contribution in [3.63, 3.8) is 0 Å². The molecule has 0 aromatic heterocycles. The standard InChI is InChI=1S/C7H16NO2P/c1-6(2)8(7(3)4)11-10-5-9/h5-7,11H,1-4H3. The lowest BCUT2D eigenvalue weighted by atomic mass is 10.3. The molecule has 0 bridgehead atoms. The van der Waals surface area contributed by atoms with Gasteiger partial charge in [0, 0.05) is 12.1 Å². The second-order valence-corrected chi connectivity index (χ2v) is 3.83. The van der Waals surface area contributed by atoms with Gasteiger partial charge in [-0.25, -0.2) is 4.67 Å². The van der Waals surface area contributed by atoms with Crippen molar-refractivity contribution in [1.82, 2.24) is 4.67 Å². The van der Waals surface area contributed by atoms with Gasteiger partial charge < -0.3 is 4.52 Å². The van der Waals surface area contributed by atoms with Crippen LogP contribution in [-0.2, 0) is 9.32 Å². The van der Waals surface area contributed by atoms with Gasteiger partial charge in [0.2, 0.25) is 0 Å². The molecule has 0 rings (SSSR count). The summed E-state index contributed by atoms with van der Waals surface area (Å²) >= 11 is 0. The fourth-order valence-electron chi connectivity index (χ4n) is 0.889. The van der Waals surface area contributed by atoms with E-state index in [4.69, 9.17) is 4.52 Å². The highest BCUT2D eigenvalue weighted by atomic mass is 31.1. The Hall–Kier alpha value is -0.140. The summed E-state index contributed by atoms with van der Waals surface area (Å²) in [6.07, 6.45) is 0. The van der Waals surface area contributed by atoms with Crippen LogP contribution >= 0.6 is 8.96 Å². The maximum Gasteiger partial charge on any atom is 0.296 e. The van der Waals surface area contributed by atoms with Gasteiger partial charge in [-0.3, -0.25) is 4.79 Å². The molecule has 0 aliphatic heterocycles. The van der Waals surface area contributed by atoms with Gasteiger partial charge in [0.15, 0.2) is 8.96 Å². The van der Waals surface area contributed by atoms with E-state index in [9.17, 15) is 4.79 Å². The van der Waals surface area contributed by atoms with Gasteiger partial charge in [0.1, 0.15) is 0 Å². The van der Waals surface area contributed by atoms with Crippen molar-refractivity contribution < 1.29 is 9.32 Å². The Kier molecular flexibility index (Phi) is 5.43. The summed E-state index contributed by atoms with van der Waals surface area (Å²) in [5.74, 6) is 0. The van der Waals surface area contributed by atoms with Gasteiger partial charge in [-0.15, -0.1) is 0 Å². The topological polar surface area (TPSA) is 29.5 Å². The molecule has 0 fully saturated rings. The molecular formula is C7H16NO2P. The van der Waals surface area contributed by atoms with E-state index in [0.29, 0.717) is 18.6 Å². The normalized spacial score (nSPS) is 12.3. The molecule has 0 heterocycles. The molecule has 0 aromatic carbocycles. The van der Waals surface area contributed by atoms with Crippen LogP contribution in [-0.4, -0.2) is 23.2 Å². The van der Waals surface area contributed by atoms with Crippen LogP contribution < -0.4 is 0 Å². The number of rotatable bonds is 5. The number of carbonyl (C=O) groups is 1. The van der Waals surface area contributed by atoms with E-state index >= 15 is 0 Å². The lowest BCUT2D eigenvalue weighted by Crippen LogP contribution is -2.29. The van der Waals surface area contributed by atoms with Crippen molar-refractivity contribution in [3.8, 4) is 0 Å². The highest BCUT2D eigenvalue weighted by Gasteiger charge is 2.13. The molecule has 1 atom stereocenters. The third-order valence-corrected chi connectivity index (χ3v) is 2.76. The minimum atomic E-state index is 0.149. The summed E-state index contributed by atoms with van der Waals surface area (Å²) in [6.45, 7) is 8.83. The second kappa shape index (κ2) is 5.50. The van der Waals surface area contributed by atoms with Crippen molar-refractivity contribution in [3.05, 3.63) is 0 Å². The molecule has 0 aromatic rings. The molecule has 66 valence electrons. The van der Waals surface area contributed by atoms with E-state index in [1.807, 2.05) is 0 Å². The predicted molar refractivity (Wildman–Crippen MR) is 47.6 cm³/mol. The monoisotopic (exact) mass is 177 g/mol. The third-order valence-electron chi connectivity index (χ3n) is 1.32. The first kappa shape index (κ1) is 10.9. The van der Waals surface area contributed by atoms with Gasteiger partial charge in [-0.05, 0) is 27.7 Å². The summed E-state index contributed by atoms with van der Waals surface area (Å²) in [4.78, 5) is 9.91. The number of hydrogen-bond donors (Lipinski definition) is 0. The van der Waals surface area contributed by atoms with E-state index in [1.165, 1.54) is 0 Å². The Balaban J connectivity index is 3.79. The minimum absolute atomic E-state index is 0.149. The van der Waals surface area contributed by atoms with Gasteiger partial charge in [0.05, 0.1) is 0 Å². The first-order valence-corrected chi connectivity index (χ1v) is 4.58. The van der Waals surface area contributed by atoms with Crippen molar-refractivity contribution in [2.24, 2.45) is 0 Å². The lowest BCUT2D eigenvalue weighted by Gasteiger charge is -2.27. The fourth-order valence-corrected chi connectivity index (χ4v) is 1.48. The van der Waals surface area contributed by atoms with E-state index in [0.717, 1.165) is 0 Å². The summed E-state index contributed by atoms with van der Waals surface area (Å²) in [6, 6.07) is 0.849. The molecule has 0 amide bonds. The van der Waals surface area contributed by atoms with Crippen molar-refractivity contribution in [2.75, 3.05) is 0 Å². The van der Waals surface area contributed by atoms with Gasteiger partial charge >= 0.3 is 0 Å². The fraction of sp³-hybridized carbons (Fsp3) is 0.857. The summed E-state index contributed by atoms with van der Waals surface area (Å²) < 4.78 is 6.81. The van der Waals surface area contributed by atoms with Crippen LogP contribution in [0.5, 0.6) is 0 Å². The van der Waals surface area contributed by atoms with Crippen molar-refractivity contribution >= 4 is 15.4 Å². The van der Waals surface area contributed by atoms with Crippen LogP contribution in [0.4, 0.5) is 0 Å². The van der Waals surface area contributed by atoms with Gasteiger partial charge in [0.25, 0.3) is 6.47 Å². The van der Waals surface area contributed by atoms with E-state index < -0.39 is 0 Å². The molecule has 0 saturated heterocycles. The number of carbonyl (C=O) groups excluding carboxylic acids is 1. The Bertz CT molecular complexity index is 109. The third kappa shape index (κ3) is 4.33. The molecule has 0 aliphatic rings. The van der Waals surface area contributed by atoms with E-state index in [1.54, 1.807) is 0 Å². The Labute approximate surface area is 70.0 Å². The highest BCUT2D eigenvalue weighted by molar-refractivity contribution is 7.30. The Morgan fingerprint density at radius 1 is 1.27 bits per heavy atom. The SMILES string of the molecule is CC(C)N(POC=O)C(C)C. The van der Waals surface area contributed by atoms with E-state index in [2.05, 4.69) is 32.4 Å². The van der Waals surface area contributed by atoms with Crippen LogP contribution in [0.3, 0.4) is 0 Å². The number of nitrogens with zero attached hydrogens (tertiary/aromatic N) is 1. The lowest BCUT2D eigenvalue weighted by molar-refractivity contribution is -0.120. The predicted octanol–water partition coefficient (Wildman–Crippen LogP) is 1.79. The second-order valence-electron chi connectivity index (χ2n) is 2.90. The average molecular weight is 177 g/mol. The molecule has 0 N–H and O–H groups in total. The molecule has 0 saturated carbocycles. The largest absolute Gasteiger partial charge is 0.433 e. The van der Waals surface area contributed by atoms with Crippen molar-refractivity contribution in [1.29, 1.82) is 0 Å². The van der Waals surface area contributed by atoms with Gasteiger partial charge in [-0.1, -0.05) is 0 Å². The van der Waals surface area contributed by atoms with Crippen LogP contribution in [0.25, 0.3) is 0 Å². The van der Waals surface area contributed by atoms with Crippen LogP contribution in [0.2, 0.25) is 0 Å². The molecule has 11 heavy (non-hydrogen) atoms. The first-order chi connectivity index (χ1) is 5.09. The smallest absolute Gasteiger partial charge is 0.296 e. The average Bonchev–Trinajstić information content (AvgIpc) is 1.87. The zero-order valence-corrected chi connectivity index (χ0v) is 8.50. The maximum atomic E-state index is 9.91. The van der Waals surface area contributed by atoms with Crippen LogP contribution in [0.1, 0.15) is 27.7 Å². The highest BCUT2D eigenvalue weighted by Crippen LogP contribution is 2.24. The first-order valence-electron chi connectivity index (χ1n) is 3.72. The Morgan fingerprint density at radius 3 is 2.00 bits per heavy atom. The Morgan fingerprint density at radius 2 is 1.73 bits per heavy atom. The number of hydrogen-bond acceptors (Lipinski definition) is 3. The quantitative estimate of drug-likeness (QED) is 0.473. The summed E-state index contributed by atoms with van der Waals surface area (Å²) in [5, 5.41) is 0. The van der Waals surface area contributed by atoms with E-state index in [-0.39, 0.29) is 8.96 Å². The molecule has 3 nitrogen and oxygen atoms in total. The van der Waals surface area contributed by atoms with Gasteiger partial charge in [-0.2, -0.15) is 0 Å². The zero-order valence-electron chi connectivity index (χ0n) is 7.50. The minimum Gasteiger partial charge on any atom is -0.433 e.